The van der Waals surface area contributed by atoms with Gasteiger partial charge in [-0.25, -0.2) is 9.67 Å². The van der Waals surface area contributed by atoms with Gasteiger partial charge in [0.15, 0.2) is 5.82 Å². The number of halogens is 3. The van der Waals surface area contributed by atoms with Crippen molar-refractivity contribution >= 4 is 5.69 Å². The van der Waals surface area contributed by atoms with Gasteiger partial charge in [-0.2, -0.15) is 18.3 Å². The van der Waals surface area contributed by atoms with Crippen LogP contribution in [0.4, 0.5) is 18.9 Å². The number of aromatic nitrogens is 3. The van der Waals surface area contributed by atoms with E-state index in [1.54, 1.807) is 12.3 Å². The van der Waals surface area contributed by atoms with Crippen molar-refractivity contribution in [2.24, 2.45) is 0 Å². The molecule has 2 heterocycles. The lowest BCUT2D eigenvalue weighted by Gasteiger charge is -2.07. The lowest BCUT2D eigenvalue weighted by atomic mass is 10.0. The van der Waals surface area contributed by atoms with Crippen LogP contribution in [0.2, 0.25) is 0 Å². The van der Waals surface area contributed by atoms with Crippen molar-refractivity contribution in [3.05, 3.63) is 59.9 Å². The van der Waals surface area contributed by atoms with E-state index in [9.17, 15) is 13.2 Å². The predicted octanol–water partition coefficient (Wildman–Crippen LogP) is 4.10. The normalized spacial score (nSPS) is 11.7. The second-order valence-electron chi connectivity index (χ2n) is 5.32. The van der Waals surface area contributed by atoms with Gasteiger partial charge in [0.05, 0.1) is 11.3 Å². The Morgan fingerprint density at radius 1 is 1.12 bits per heavy atom. The largest absolute Gasteiger partial charge is 0.417 e. The Hall–Kier alpha value is -2.83. The minimum Gasteiger partial charge on any atom is -0.399 e. The average Bonchev–Trinajstić information content (AvgIpc) is 3.04. The van der Waals surface area contributed by atoms with Gasteiger partial charge in [-0.05, 0) is 42.3 Å². The zero-order valence-corrected chi connectivity index (χ0v) is 12.9. The fraction of sp³-hybridized carbons (Fsp3) is 0.176. The molecule has 0 aliphatic heterocycles. The summed E-state index contributed by atoms with van der Waals surface area (Å²) in [6.45, 7) is 2.01. The molecule has 1 aromatic carbocycles. The molecule has 2 N–H and O–H groups in total. The van der Waals surface area contributed by atoms with E-state index in [1.165, 1.54) is 10.7 Å². The first-order chi connectivity index (χ1) is 11.4. The van der Waals surface area contributed by atoms with Gasteiger partial charge < -0.3 is 5.73 Å². The lowest BCUT2D eigenvalue weighted by molar-refractivity contribution is -0.137. The molecule has 124 valence electrons. The van der Waals surface area contributed by atoms with Crippen LogP contribution in [0.5, 0.6) is 0 Å². The van der Waals surface area contributed by atoms with Crippen molar-refractivity contribution in [1.29, 1.82) is 0 Å². The zero-order chi connectivity index (χ0) is 17.3. The number of pyridine rings is 1. The number of benzene rings is 1. The highest BCUT2D eigenvalue weighted by atomic mass is 19.4. The molecule has 0 aliphatic carbocycles. The van der Waals surface area contributed by atoms with Crippen molar-refractivity contribution in [1.82, 2.24) is 14.8 Å². The molecule has 0 aliphatic rings. The lowest BCUT2D eigenvalue weighted by Crippen LogP contribution is -2.07. The number of rotatable bonds is 3. The third-order valence-corrected chi connectivity index (χ3v) is 3.72. The Labute approximate surface area is 136 Å². The monoisotopic (exact) mass is 332 g/mol. The molecular formula is C17H15F3N4. The Morgan fingerprint density at radius 3 is 2.54 bits per heavy atom. The molecule has 2 aromatic heterocycles. The van der Waals surface area contributed by atoms with Gasteiger partial charge in [0, 0.05) is 23.6 Å². The molecule has 0 unspecified atom stereocenters. The summed E-state index contributed by atoms with van der Waals surface area (Å²) in [6, 6.07) is 9.71. The minimum absolute atomic E-state index is 0.320. The van der Waals surface area contributed by atoms with Crippen molar-refractivity contribution < 1.29 is 13.2 Å². The molecule has 3 rings (SSSR count). The van der Waals surface area contributed by atoms with E-state index < -0.39 is 11.7 Å². The van der Waals surface area contributed by atoms with Gasteiger partial charge in [0.25, 0.3) is 0 Å². The maximum absolute atomic E-state index is 12.6. The first kappa shape index (κ1) is 16.0. The van der Waals surface area contributed by atoms with Crippen LogP contribution in [0, 0.1) is 0 Å². The van der Waals surface area contributed by atoms with E-state index in [0.29, 0.717) is 11.5 Å². The van der Waals surface area contributed by atoms with Crippen LogP contribution in [-0.4, -0.2) is 14.8 Å². The van der Waals surface area contributed by atoms with Gasteiger partial charge in [0.1, 0.15) is 0 Å². The standard InChI is InChI=1S/C17H15F3N4/c1-2-11-9-12(3-5-14(11)21)15-7-8-24(23-15)16-6-4-13(10-22-16)17(18,19)20/h3-10H,2,21H2,1H3. The van der Waals surface area contributed by atoms with E-state index in [4.69, 9.17) is 5.73 Å². The van der Waals surface area contributed by atoms with Gasteiger partial charge in [-0.15, -0.1) is 0 Å². The molecule has 0 saturated carbocycles. The second-order valence-corrected chi connectivity index (χ2v) is 5.32. The molecule has 0 atom stereocenters. The number of nitrogen functional groups attached to an aromatic ring is 1. The van der Waals surface area contributed by atoms with Crippen LogP contribution < -0.4 is 5.73 Å². The number of nitrogens with two attached hydrogens (primary N) is 1. The van der Waals surface area contributed by atoms with Crippen molar-refractivity contribution in [3.8, 4) is 17.1 Å². The molecule has 0 spiro atoms. The zero-order valence-electron chi connectivity index (χ0n) is 12.9. The third-order valence-electron chi connectivity index (χ3n) is 3.72. The Balaban J connectivity index is 1.91. The molecule has 24 heavy (non-hydrogen) atoms. The Kier molecular flexibility index (Phi) is 4.01. The molecule has 3 aromatic rings. The maximum atomic E-state index is 12.6. The number of nitrogens with zero attached hydrogens (tertiary/aromatic N) is 3. The van der Waals surface area contributed by atoms with Crippen LogP contribution in [0.1, 0.15) is 18.1 Å². The number of alkyl halides is 3. The van der Waals surface area contributed by atoms with Crippen LogP contribution in [0.3, 0.4) is 0 Å². The Bertz CT molecular complexity index is 851. The molecule has 0 fully saturated rings. The van der Waals surface area contributed by atoms with E-state index >= 15 is 0 Å². The molecule has 0 bridgehead atoms. The van der Waals surface area contributed by atoms with Crippen LogP contribution in [0.15, 0.2) is 48.8 Å². The maximum Gasteiger partial charge on any atom is 0.417 e. The molecule has 7 heteroatoms. The highest BCUT2D eigenvalue weighted by Crippen LogP contribution is 2.29. The summed E-state index contributed by atoms with van der Waals surface area (Å²) in [5, 5.41) is 4.38. The Morgan fingerprint density at radius 2 is 1.92 bits per heavy atom. The fourth-order valence-electron chi connectivity index (χ4n) is 2.37. The summed E-state index contributed by atoms with van der Waals surface area (Å²) >= 11 is 0. The first-order valence-corrected chi connectivity index (χ1v) is 7.36. The van der Waals surface area contributed by atoms with Crippen molar-refractivity contribution in [2.75, 3.05) is 5.73 Å². The topological polar surface area (TPSA) is 56.7 Å². The summed E-state index contributed by atoms with van der Waals surface area (Å²) in [7, 11) is 0. The molecular weight excluding hydrogens is 317 g/mol. The minimum atomic E-state index is -4.40. The van der Waals surface area contributed by atoms with Gasteiger partial charge >= 0.3 is 6.18 Å². The molecule has 4 nitrogen and oxygen atoms in total. The number of hydrogen-bond acceptors (Lipinski definition) is 3. The summed E-state index contributed by atoms with van der Waals surface area (Å²) in [5.41, 5.74) is 8.45. The van der Waals surface area contributed by atoms with Gasteiger partial charge in [-0.1, -0.05) is 13.0 Å². The second kappa shape index (κ2) is 5.99. The molecule has 0 radical (unpaired) electrons. The van der Waals surface area contributed by atoms with E-state index in [1.807, 2.05) is 25.1 Å². The van der Waals surface area contributed by atoms with Crippen molar-refractivity contribution in [3.63, 3.8) is 0 Å². The summed E-state index contributed by atoms with van der Waals surface area (Å²) in [6.07, 6.45) is -1.13. The molecule has 0 saturated heterocycles. The van der Waals surface area contributed by atoms with Gasteiger partial charge in [-0.3, -0.25) is 0 Å². The number of anilines is 1. The smallest absolute Gasteiger partial charge is 0.399 e. The van der Waals surface area contributed by atoms with Crippen LogP contribution in [-0.2, 0) is 12.6 Å². The number of hydrogen-bond donors (Lipinski definition) is 1. The van der Waals surface area contributed by atoms with E-state index in [-0.39, 0.29) is 0 Å². The highest BCUT2D eigenvalue weighted by molar-refractivity contribution is 5.64. The summed E-state index contributed by atoms with van der Waals surface area (Å²) in [4.78, 5) is 3.83. The quantitative estimate of drug-likeness (QED) is 0.735. The van der Waals surface area contributed by atoms with Crippen molar-refractivity contribution in [2.45, 2.75) is 19.5 Å². The predicted molar refractivity (Wildman–Crippen MR) is 85.6 cm³/mol. The SMILES string of the molecule is CCc1cc(-c2ccn(-c3ccc(C(F)(F)F)cn3)n2)ccc1N. The summed E-state index contributed by atoms with van der Waals surface area (Å²) < 4.78 is 39.2. The van der Waals surface area contributed by atoms with E-state index in [2.05, 4.69) is 10.1 Å². The average molecular weight is 332 g/mol. The first-order valence-electron chi connectivity index (χ1n) is 7.36. The van der Waals surface area contributed by atoms with Gasteiger partial charge in [0.2, 0.25) is 0 Å². The fourth-order valence-corrected chi connectivity index (χ4v) is 2.37. The summed E-state index contributed by atoms with van der Waals surface area (Å²) in [5.74, 6) is 0.320. The number of aryl methyl sites for hydroxylation is 1. The highest BCUT2D eigenvalue weighted by Gasteiger charge is 2.30. The van der Waals surface area contributed by atoms with Crippen LogP contribution >= 0.6 is 0 Å². The van der Waals surface area contributed by atoms with E-state index in [0.717, 1.165) is 35.5 Å². The third kappa shape index (κ3) is 3.10. The van der Waals surface area contributed by atoms with Crippen LogP contribution in [0.25, 0.3) is 17.1 Å². The molecule has 0 amide bonds.